The molecule has 0 amide bonds. The summed E-state index contributed by atoms with van der Waals surface area (Å²) >= 11 is 0. The molecule has 3 aromatic heterocycles. The van der Waals surface area contributed by atoms with Crippen LogP contribution in [-0.4, -0.2) is 24.5 Å². The minimum absolute atomic E-state index is 0. The zero-order valence-corrected chi connectivity index (χ0v) is 21.8. The van der Waals surface area contributed by atoms with Crippen LogP contribution in [-0.2, 0) is 20.1 Å². The van der Waals surface area contributed by atoms with Gasteiger partial charge in [-0.2, -0.15) is 58.7 Å². The van der Waals surface area contributed by atoms with Crippen LogP contribution in [0.2, 0.25) is 0 Å². The number of pyridine rings is 1. The molecule has 37 heavy (non-hydrogen) atoms. The molecule has 0 saturated heterocycles. The average Bonchev–Trinajstić information content (AvgIpc) is 3.66. The van der Waals surface area contributed by atoms with Crippen molar-refractivity contribution in [2.24, 2.45) is 0 Å². The summed E-state index contributed by atoms with van der Waals surface area (Å²) < 4.78 is 29.4. The molecular formula is C29H20F2IrN5. The van der Waals surface area contributed by atoms with E-state index in [0.29, 0.717) is 5.69 Å². The van der Waals surface area contributed by atoms with Crippen molar-refractivity contribution < 1.29 is 28.9 Å². The first kappa shape index (κ1) is 27.3. The maximum Gasteiger partial charge on any atom is 3.00 e. The van der Waals surface area contributed by atoms with Crippen LogP contribution in [0.3, 0.4) is 0 Å². The number of para-hydroxylation sites is 2. The van der Waals surface area contributed by atoms with Crippen LogP contribution in [0.4, 0.5) is 8.78 Å². The number of aromatic nitrogens is 5. The molecule has 0 aliphatic heterocycles. The Morgan fingerprint density at radius 3 is 1.68 bits per heavy atom. The summed E-state index contributed by atoms with van der Waals surface area (Å²) in [6.45, 7) is 0. The van der Waals surface area contributed by atoms with Crippen molar-refractivity contribution in [2.45, 2.75) is 0 Å². The van der Waals surface area contributed by atoms with Gasteiger partial charge in [0.15, 0.2) is 0 Å². The zero-order valence-electron chi connectivity index (χ0n) is 19.4. The van der Waals surface area contributed by atoms with Gasteiger partial charge in [0, 0.05) is 42.6 Å². The van der Waals surface area contributed by atoms with Crippen LogP contribution in [0.25, 0.3) is 22.6 Å². The maximum absolute atomic E-state index is 13.2. The predicted molar refractivity (Wildman–Crippen MR) is 133 cm³/mol. The van der Waals surface area contributed by atoms with Crippen molar-refractivity contribution in [3.63, 3.8) is 0 Å². The molecule has 8 heteroatoms. The van der Waals surface area contributed by atoms with Crippen molar-refractivity contribution in [3.8, 4) is 22.6 Å². The van der Waals surface area contributed by atoms with Crippen LogP contribution >= 0.6 is 0 Å². The molecular weight excluding hydrogens is 649 g/mol. The van der Waals surface area contributed by atoms with Gasteiger partial charge in [-0.1, -0.05) is 23.8 Å². The minimum Gasteiger partial charge on any atom is -0.305 e. The number of nitrogens with zero attached hydrogens (tertiary/aromatic N) is 5. The van der Waals surface area contributed by atoms with Crippen molar-refractivity contribution in [3.05, 3.63) is 152 Å². The van der Waals surface area contributed by atoms with E-state index >= 15 is 0 Å². The second-order valence-corrected chi connectivity index (χ2v) is 7.15. The monoisotopic (exact) mass is 669 g/mol. The molecule has 6 rings (SSSR count). The first-order valence-electron chi connectivity index (χ1n) is 10.9. The Morgan fingerprint density at radius 1 is 0.649 bits per heavy atom. The van der Waals surface area contributed by atoms with E-state index in [1.165, 1.54) is 0 Å². The molecule has 0 aliphatic rings. The molecule has 0 radical (unpaired) electrons. The van der Waals surface area contributed by atoms with E-state index in [0.717, 1.165) is 23.5 Å². The van der Waals surface area contributed by atoms with Gasteiger partial charge >= 0.3 is 20.1 Å². The van der Waals surface area contributed by atoms with Gasteiger partial charge in [-0.25, -0.2) is 0 Å². The van der Waals surface area contributed by atoms with E-state index in [-0.39, 0.29) is 25.7 Å². The Bertz CT molecular complexity index is 1360. The first-order chi connectivity index (χ1) is 17.7. The standard InChI is InChI=1S/C11H6F2N.2C9H7N2.Ir/c12-8-4-5-9(10(13)7-8)11-3-1-2-6-14-11;2*1-2-5-9(6-3-1)11-8-4-7-10-11;/h1-4,6-7H;2*1-5,7-8H;/q3*-1;+3. The van der Waals surface area contributed by atoms with Crippen molar-refractivity contribution in [2.75, 3.05) is 0 Å². The first-order valence-corrected chi connectivity index (χ1v) is 10.9. The molecule has 0 atom stereocenters. The molecule has 0 aliphatic carbocycles. The number of hydrogen-bond donors (Lipinski definition) is 0. The fourth-order valence-corrected chi connectivity index (χ4v) is 3.03. The number of benzene rings is 3. The number of hydrogen-bond acceptors (Lipinski definition) is 3. The van der Waals surface area contributed by atoms with Gasteiger partial charge in [0.2, 0.25) is 0 Å². The quantitative estimate of drug-likeness (QED) is 0.212. The number of rotatable bonds is 3. The Hall–Kier alpha value is -4.26. The summed E-state index contributed by atoms with van der Waals surface area (Å²) in [5.74, 6) is -1.29. The molecule has 0 saturated carbocycles. The molecule has 5 nitrogen and oxygen atoms in total. The van der Waals surface area contributed by atoms with Crippen molar-refractivity contribution in [1.82, 2.24) is 24.5 Å². The Morgan fingerprint density at radius 2 is 1.24 bits per heavy atom. The fourth-order valence-electron chi connectivity index (χ4n) is 3.03. The van der Waals surface area contributed by atoms with Gasteiger partial charge in [-0.15, -0.1) is 24.3 Å². The zero-order chi connectivity index (χ0) is 25.0. The molecule has 0 unspecified atom stereocenters. The van der Waals surface area contributed by atoms with Crippen molar-refractivity contribution in [1.29, 1.82) is 0 Å². The molecule has 0 spiro atoms. The third-order valence-electron chi connectivity index (χ3n) is 4.67. The SMILES string of the molecule is Fc1c[c-]c(-c2ccccn2)c(F)c1.[Ir+3].[c-]1ccccc1-n1cccn1.[c-]1ccccc1-n1cccn1. The molecule has 0 bridgehead atoms. The maximum atomic E-state index is 13.2. The molecule has 184 valence electrons. The van der Waals surface area contributed by atoms with Crippen LogP contribution in [0.1, 0.15) is 0 Å². The van der Waals surface area contributed by atoms with Gasteiger partial charge in [-0.3, -0.25) is 18.1 Å². The fraction of sp³-hybridized carbons (Fsp3) is 0. The summed E-state index contributed by atoms with van der Waals surface area (Å²) in [6.07, 6.45) is 8.84. The summed E-state index contributed by atoms with van der Waals surface area (Å²) in [4.78, 5) is 3.95. The van der Waals surface area contributed by atoms with Gasteiger partial charge in [0.1, 0.15) is 0 Å². The summed E-state index contributed by atoms with van der Waals surface area (Å²) in [7, 11) is 0. The Kier molecular flexibility index (Phi) is 10.6. The van der Waals surface area contributed by atoms with E-state index in [1.54, 1.807) is 46.2 Å². The van der Waals surface area contributed by atoms with Crippen molar-refractivity contribution >= 4 is 0 Å². The summed E-state index contributed by atoms with van der Waals surface area (Å²) in [5.41, 5.74) is 2.58. The molecule has 3 aromatic carbocycles. The summed E-state index contributed by atoms with van der Waals surface area (Å²) in [6, 6.07) is 34.9. The van der Waals surface area contributed by atoms with E-state index < -0.39 is 11.6 Å². The molecule has 6 aromatic rings. The second-order valence-electron chi connectivity index (χ2n) is 7.15. The molecule has 0 N–H and O–H groups in total. The van der Waals surface area contributed by atoms with Crippen LogP contribution in [0, 0.1) is 29.8 Å². The average molecular weight is 669 g/mol. The third-order valence-corrected chi connectivity index (χ3v) is 4.67. The van der Waals surface area contributed by atoms with E-state index in [1.807, 2.05) is 73.1 Å². The van der Waals surface area contributed by atoms with Gasteiger partial charge in [-0.05, 0) is 35.3 Å². The van der Waals surface area contributed by atoms with E-state index in [4.69, 9.17) is 0 Å². The Balaban J connectivity index is 0.000000154. The normalized spacial score (nSPS) is 9.68. The van der Waals surface area contributed by atoms with Gasteiger partial charge in [0.05, 0.1) is 0 Å². The van der Waals surface area contributed by atoms with Gasteiger partial charge < -0.3 is 4.98 Å². The second kappa shape index (κ2) is 14.3. The van der Waals surface area contributed by atoms with Gasteiger partial charge in [0.25, 0.3) is 0 Å². The van der Waals surface area contributed by atoms with E-state index in [9.17, 15) is 8.78 Å². The minimum atomic E-state index is -0.649. The topological polar surface area (TPSA) is 48.5 Å². The van der Waals surface area contributed by atoms with Crippen LogP contribution in [0.15, 0.2) is 122 Å². The number of halogens is 2. The van der Waals surface area contributed by atoms with E-state index in [2.05, 4.69) is 33.4 Å². The summed E-state index contributed by atoms with van der Waals surface area (Å²) in [5, 5.41) is 8.14. The van der Waals surface area contributed by atoms with Crippen LogP contribution in [0.5, 0.6) is 0 Å². The van der Waals surface area contributed by atoms with Crippen LogP contribution < -0.4 is 0 Å². The largest absolute Gasteiger partial charge is 3.00 e. The predicted octanol–water partition coefficient (Wildman–Crippen LogP) is 6.17. The third kappa shape index (κ3) is 8.14. The Labute approximate surface area is 227 Å². The smallest absolute Gasteiger partial charge is 0.305 e. The molecule has 0 fully saturated rings. The molecule has 3 heterocycles.